The molecule has 0 aliphatic heterocycles. The van der Waals surface area contributed by atoms with Gasteiger partial charge in [-0.15, -0.1) is 0 Å². The Balaban J connectivity index is 1.67. The van der Waals surface area contributed by atoms with Gasteiger partial charge >= 0.3 is 0 Å². The molecule has 0 heterocycles. The Hall–Kier alpha value is -2.16. The first-order valence-corrected chi connectivity index (χ1v) is 8.82. The Bertz CT molecular complexity index is 827. The predicted octanol–water partition coefficient (Wildman–Crippen LogP) is 6.49. The van der Waals surface area contributed by atoms with Crippen LogP contribution in [0.5, 0.6) is 5.75 Å². The van der Waals surface area contributed by atoms with Gasteiger partial charge in [0.2, 0.25) is 0 Å². The van der Waals surface area contributed by atoms with E-state index in [1.54, 1.807) is 6.07 Å². The molecule has 0 fully saturated rings. The molecule has 25 heavy (non-hydrogen) atoms. The van der Waals surface area contributed by atoms with Crippen LogP contribution in [0.4, 0.5) is 5.69 Å². The third kappa shape index (κ3) is 5.15. The van der Waals surface area contributed by atoms with Crippen LogP contribution in [0.25, 0.3) is 0 Å². The van der Waals surface area contributed by atoms with E-state index >= 15 is 0 Å². The second kappa shape index (κ2) is 8.28. The van der Waals surface area contributed by atoms with E-state index in [1.165, 1.54) is 5.56 Å². The van der Waals surface area contributed by atoms with Crippen molar-refractivity contribution in [2.45, 2.75) is 20.1 Å². The van der Waals surface area contributed by atoms with Crippen LogP contribution in [-0.2, 0) is 13.2 Å². The maximum atomic E-state index is 6.04. The van der Waals surface area contributed by atoms with Gasteiger partial charge in [0.25, 0.3) is 0 Å². The van der Waals surface area contributed by atoms with Crippen LogP contribution < -0.4 is 10.1 Å². The molecule has 0 atom stereocenters. The molecular weight excluding hydrogens is 353 g/mol. The molecule has 0 spiro atoms. The van der Waals surface area contributed by atoms with Gasteiger partial charge in [0.1, 0.15) is 12.4 Å². The lowest BCUT2D eigenvalue weighted by atomic mass is 10.1. The van der Waals surface area contributed by atoms with E-state index in [4.69, 9.17) is 27.9 Å². The maximum Gasteiger partial charge on any atom is 0.124 e. The molecule has 0 radical (unpaired) electrons. The second-order valence-corrected chi connectivity index (χ2v) is 6.77. The number of rotatable bonds is 6. The molecule has 0 aliphatic rings. The van der Waals surface area contributed by atoms with Crippen LogP contribution in [-0.4, -0.2) is 0 Å². The lowest BCUT2D eigenvalue weighted by Crippen LogP contribution is -2.03. The molecule has 3 rings (SSSR count). The van der Waals surface area contributed by atoms with E-state index < -0.39 is 0 Å². The first-order chi connectivity index (χ1) is 12.1. The topological polar surface area (TPSA) is 21.3 Å². The Labute approximate surface area is 158 Å². The summed E-state index contributed by atoms with van der Waals surface area (Å²) in [6, 6.07) is 21.8. The number of nitrogens with one attached hydrogen (secondary N) is 1. The van der Waals surface area contributed by atoms with Crippen LogP contribution in [0.1, 0.15) is 16.7 Å². The van der Waals surface area contributed by atoms with Gasteiger partial charge in [-0.05, 0) is 36.8 Å². The van der Waals surface area contributed by atoms with Gasteiger partial charge < -0.3 is 10.1 Å². The summed E-state index contributed by atoms with van der Waals surface area (Å²) in [6.07, 6.45) is 0. The van der Waals surface area contributed by atoms with Crippen molar-refractivity contribution in [3.05, 3.63) is 93.5 Å². The smallest absolute Gasteiger partial charge is 0.124 e. The Morgan fingerprint density at radius 3 is 2.28 bits per heavy atom. The number of aryl methyl sites for hydroxylation is 1. The minimum atomic E-state index is 0.542. The molecule has 0 saturated heterocycles. The fourth-order valence-electron chi connectivity index (χ4n) is 2.49. The minimum Gasteiger partial charge on any atom is -0.489 e. The second-order valence-electron chi connectivity index (χ2n) is 5.89. The normalized spacial score (nSPS) is 10.5. The number of para-hydroxylation sites is 1. The van der Waals surface area contributed by atoms with E-state index in [9.17, 15) is 0 Å². The third-order valence-corrected chi connectivity index (χ3v) is 4.27. The predicted molar refractivity (Wildman–Crippen MR) is 106 cm³/mol. The zero-order chi connectivity index (χ0) is 17.6. The first kappa shape index (κ1) is 17.7. The van der Waals surface area contributed by atoms with E-state index in [-0.39, 0.29) is 0 Å². The quantitative estimate of drug-likeness (QED) is 0.534. The van der Waals surface area contributed by atoms with Crippen molar-refractivity contribution >= 4 is 28.9 Å². The highest BCUT2D eigenvalue weighted by molar-refractivity contribution is 6.35. The highest BCUT2D eigenvalue weighted by Gasteiger charge is 2.05. The molecule has 0 bridgehead atoms. The highest BCUT2D eigenvalue weighted by atomic mass is 35.5. The standard InChI is InChI=1S/C21H19Cl2NO/c1-15-6-8-16(9-7-15)14-25-21-5-3-2-4-17(21)13-24-20-11-18(22)10-19(23)12-20/h2-12,24H,13-14H2,1H3. The SMILES string of the molecule is Cc1ccc(COc2ccccc2CNc2cc(Cl)cc(Cl)c2)cc1. The summed E-state index contributed by atoms with van der Waals surface area (Å²) in [5, 5.41) is 4.56. The maximum absolute atomic E-state index is 6.04. The van der Waals surface area contributed by atoms with Gasteiger partial charge in [0, 0.05) is 27.8 Å². The lowest BCUT2D eigenvalue weighted by molar-refractivity contribution is 0.303. The van der Waals surface area contributed by atoms with E-state index in [1.807, 2.05) is 36.4 Å². The van der Waals surface area contributed by atoms with E-state index in [0.29, 0.717) is 23.2 Å². The van der Waals surface area contributed by atoms with Crippen molar-refractivity contribution in [1.82, 2.24) is 0 Å². The summed E-state index contributed by atoms with van der Waals surface area (Å²) in [6.45, 7) is 3.24. The zero-order valence-corrected chi connectivity index (χ0v) is 15.4. The van der Waals surface area contributed by atoms with Gasteiger partial charge in [-0.1, -0.05) is 71.2 Å². The molecule has 0 amide bonds. The van der Waals surface area contributed by atoms with Crippen molar-refractivity contribution < 1.29 is 4.74 Å². The molecule has 0 aliphatic carbocycles. The number of hydrogen-bond donors (Lipinski definition) is 1. The molecule has 0 unspecified atom stereocenters. The number of halogens is 2. The number of anilines is 1. The van der Waals surface area contributed by atoms with Gasteiger partial charge in [-0.2, -0.15) is 0 Å². The van der Waals surface area contributed by atoms with Gasteiger partial charge in [-0.25, -0.2) is 0 Å². The molecule has 3 aromatic rings. The fourth-order valence-corrected chi connectivity index (χ4v) is 3.02. The number of hydrogen-bond acceptors (Lipinski definition) is 2. The highest BCUT2D eigenvalue weighted by Crippen LogP contribution is 2.25. The van der Waals surface area contributed by atoms with Crippen molar-refractivity contribution in [1.29, 1.82) is 0 Å². The molecule has 0 aromatic heterocycles. The van der Waals surface area contributed by atoms with Gasteiger partial charge in [0.05, 0.1) is 0 Å². The van der Waals surface area contributed by atoms with Gasteiger partial charge in [-0.3, -0.25) is 0 Å². The first-order valence-electron chi connectivity index (χ1n) is 8.06. The minimum absolute atomic E-state index is 0.542. The molecule has 1 N–H and O–H groups in total. The largest absolute Gasteiger partial charge is 0.489 e. The Morgan fingerprint density at radius 1 is 0.880 bits per heavy atom. The van der Waals surface area contributed by atoms with E-state index in [0.717, 1.165) is 22.6 Å². The zero-order valence-electron chi connectivity index (χ0n) is 13.9. The van der Waals surface area contributed by atoms with Crippen molar-refractivity contribution in [3.8, 4) is 5.75 Å². The summed E-state index contributed by atoms with van der Waals surface area (Å²) in [5.74, 6) is 0.865. The fraction of sp³-hybridized carbons (Fsp3) is 0.143. The van der Waals surface area contributed by atoms with Crippen LogP contribution in [0.15, 0.2) is 66.7 Å². The molecule has 4 heteroatoms. The number of ether oxygens (including phenoxy) is 1. The van der Waals surface area contributed by atoms with Crippen molar-refractivity contribution in [2.24, 2.45) is 0 Å². The molecule has 2 nitrogen and oxygen atoms in total. The third-order valence-electron chi connectivity index (χ3n) is 3.83. The molecule has 3 aromatic carbocycles. The Kier molecular flexibility index (Phi) is 5.85. The molecular formula is C21H19Cl2NO. The van der Waals surface area contributed by atoms with Crippen LogP contribution in [0.3, 0.4) is 0 Å². The van der Waals surface area contributed by atoms with Crippen LogP contribution >= 0.6 is 23.2 Å². The monoisotopic (exact) mass is 371 g/mol. The molecule has 0 saturated carbocycles. The number of benzene rings is 3. The summed E-state index contributed by atoms with van der Waals surface area (Å²) < 4.78 is 6.01. The molecule has 128 valence electrons. The van der Waals surface area contributed by atoms with Crippen molar-refractivity contribution in [2.75, 3.05) is 5.32 Å². The average Bonchev–Trinajstić information content (AvgIpc) is 2.59. The summed E-state index contributed by atoms with van der Waals surface area (Å²) >= 11 is 12.1. The van der Waals surface area contributed by atoms with Gasteiger partial charge in [0.15, 0.2) is 0 Å². The van der Waals surface area contributed by atoms with Crippen LogP contribution in [0, 0.1) is 6.92 Å². The van der Waals surface area contributed by atoms with Crippen molar-refractivity contribution in [3.63, 3.8) is 0 Å². The van der Waals surface area contributed by atoms with Crippen LogP contribution in [0.2, 0.25) is 10.0 Å². The summed E-state index contributed by atoms with van der Waals surface area (Å²) in [7, 11) is 0. The Morgan fingerprint density at radius 2 is 1.56 bits per heavy atom. The lowest BCUT2D eigenvalue weighted by Gasteiger charge is -2.13. The van der Waals surface area contributed by atoms with E-state index in [2.05, 4.69) is 36.5 Å². The summed E-state index contributed by atoms with van der Waals surface area (Å²) in [4.78, 5) is 0. The average molecular weight is 372 g/mol. The summed E-state index contributed by atoms with van der Waals surface area (Å²) in [5.41, 5.74) is 4.35.